The van der Waals surface area contributed by atoms with Gasteiger partial charge in [0, 0.05) is 29.0 Å². The van der Waals surface area contributed by atoms with Crippen LogP contribution in [0.4, 0.5) is 22.0 Å². The predicted octanol–water partition coefficient (Wildman–Crippen LogP) is 3.92. The van der Waals surface area contributed by atoms with E-state index < -0.39 is 46.8 Å². The van der Waals surface area contributed by atoms with Crippen molar-refractivity contribution >= 4 is 17.9 Å². The molecule has 1 unspecified atom stereocenters. The van der Waals surface area contributed by atoms with E-state index in [1.54, 1.807) is 0 Å². The maximum absolute atomic E-state index is 15.7. The molecule has 0 bridgehead atoms. The van der Waals surface area contributed by atoms with Crippen molar-refractivity contribution in [3.63, 3.8) is 0 Å². The van der Waals surface area contributed by atoms with Crippen LogP contribution in [-0.4, -0.2) is 28.0 Å². The summed E-state index contributed by atoms with van der Waals surface area (Å²) in [6, 6.07) is 7.10. The third-order valence-corrected chi connectivity index (χ3v) is 5.50. The van der Waals surface area contributed by atoms with Gasteiger partial charge in [-0.15, -0.1) is 0 Å². The molecular formula is C24H19ClF5N5O. The zero-order valence-electron chi connectivity index (χ0n) is 18.6. The van der Waals surface area contributed by atoms with Gasteiger partial charge < -0.3 is 10.9 Å². The number of nitrogens with zero attached hydrogens (tertiary/aromatic N) is 3. The van der Waals surface area contributed by atoms with E-state index in [1.165, 1.54) is 25.1 Å². The highest BCUT2D eigenvalue weighted by molar-refractivity contribution is 6.30. The number of pyridine rings is 1. The Morgan fingerprint density at radius 3 is 2.33 bits per heavy atom. The third kappa shape index (κ3) is 5.41. The Balaban J connectivity index is 2.03. The summed E-state index contributed by atoms with van der Waals surface area (Å²) < 4.78 is 73.5. The lowest BCUT2D eigenvalue weighted by atomic mass is 9.83. The molecule has 6 nitrogen and oxygen atoms in total. The molecule has 0 saturated heterocycles. The minimum absolute atomic E-state index is 0.0807. The summed E-state index contributed by atoms with van der Waals surface area (Å²) in [5.41, 5.74) is -4.91. The molecule has 3 aromatic rings. The summed E-state index contributed by atoms with van der Waals surface area (Å²) in [4.78, 5) is 3.69. The highest BCUT2D eigenvalue weighted by Gasteiger charge is 2.58. The fourth-order valence-corrected chi connectivity index (χ4v) is 3.42. The van der Waals surface area contributed by atoms with E-state index in [2.05, 4.69) is 21.9 Å². The minimum atomic E-state index is -4.25. The van der Waals surface area contributed by atoms with Crippen LogP contribution in [-0.2, 0) is 11.5 Å². The number of aliphatic hydroxyl groups is 1. The Kier molecular flexibility index (Phi) is 7.83. The lowest BCUT2D eigenvalue weighted by Gasteiger charge is -2.38. The first kappa shape index (κ1) is 26.9. The molecule has 1 heterocycles. The molecule has 5 N–H and O–H groups in total. The fourth-order valence-electron chi connectivity index (χ4n) is 3.30. The van der Waals surface area contributed by atoms with Gasteiger partial charge in [0.15, 0.2) is 5.60 Å². The Morgan fingerprint density at radius 2 is 1.72 bits per heavy atom. The van der Waals surface area contributed by atoms with Crippen LogP contribution in [0.1, 0.15) is 27.9 Å². The van der Waals surface area contributed by atoms with Gasteiger partial charge in [0.25, 0.3) is 0 Å². The van der Waals surface area contributed by atoms with Crippen molar-refractivity contribution < 1.29 is 27.1 Å². The van der Waals surface area contributed by atoms with Crippen LogP contribution in [0.25, 0.3) is 0 Å². The number of halogens is 6. The van der Waals surface area contributed by atoms with Gasteiger partial charge in [-0.2, -0.15) is 13.9 Å². The quantitative estimate of drug-likeness (QED) is 0.114. The number of hydrogen-bond acceptors (Lipinski definition) is 5. The molecule has 3 rings (SSSR count). The summed E-state index contributed by atoms with van der Waals surface area (Å²) in [6.45, 7) is 0.130. The number of aryl methyl sites for hydroxylation is 1. The van der Waals surface area contributed by atoms with Gasteiger partial charge in [-0.3, -0.25) is 9.99 Å². The molecule has 12 heteroatoms. The molecule has 0 radical (unpaired) electrons. The number of benzene rings is 2. The van der Waals surface area contributed by atoms with Crippen LogP contribution in [0.3, 0.4) is 0 Å². The van der Waals surface area contributed by atoms with E-state index in [0.717, 1.165) is 30.7 Å². The Morgan fingerprint density at radius 1 is 1.06 bits per heavy atom. The SMILES string of the molecule is Cc1cc(C(O)(CN(N)/C=N\N)C(F)(F)c2ccc(C#Cc3ccc(Cl)c(F)c3)cn2)c(F)cc1F. The maximum atomic E-state index is 15.7. The lowest BCUT2D eigenvalue weighted by Crippen LogP contribution is -2.54. The number of hydrazone groups is 1. The van der Waals surface area contributed by atoms with Crippen LogP contribution >= 0.6 is 11.6 Å². The molecular weight excluding hydrogens is 505 g/mol. The van der Waals surface area contributed by atoms with E-state index in [4.69, 9.17) is 23.3 Å². The number of alkyl halides is 2. The second-order valence-corrected chi connectivity index (χ2v) is 8.17. The minimum Gasteiger partial charge on any atom is -0.377 e. The summed E-state index contributed by atoms with van der Waals surface area (Å²) in [5, 5.41) is 14.7. The second-order valence-electron chi connectivity index (χ2n) is 7.76. The van der Waals surface area contributed by atoms with E-state index in [-0.39, 0.29) is 21.7 Å². The molecule has 0 aliphatic rings. The van der Waals surface area contributed by atoms with Gasteiger partial charge in [0.2, 0.25) is 0 Å². The van der Waals surface area contributed by atoms with Gasteiger partial charge in [0.1, 0.15) is 29.5 Å². The molecule has 36 heavy (non-hydrogen) atoms. The second kappa shape index (κ2) is 10.5. The molecule has 0 fully saturated rings. The van der Waals surface area contributed by atoms with E-state index in [0.29, 0.717) is 11.1 Å². The predicted molar refractivity (Wildman–Crippen MR) is 124 cm³/mol. The van der Waals surface area contributed by atoms with Crippen molar-refractivity contribution in [2.45, 2.75) is 18.4 Å². The van der Waals surface area contributed by atoms with Gasteiger partial charge in [0.05, 0.1) is 11.6 Å². The highest BCUT2D eigenvalue weighted by Crippen LogP contribution is 2.46. The van der Waals surface area contributed by atoms with Crippen molar-refractivity contribution in [2.24, 2.45) is 16.8 Å². The first-order valence-corrected chi connectivity index (χ1v) is 10.5. The highest BCUT2D eigenvalue weighted by atomic mass is 35.5. The van der Waals surface area contributed by atoms with Gasteiger partial charge in [-0.05, 0) is 48.9 Å². The summed E-state index contributed by atoms with van der Waals surface area (Å²) in [6.07, 6.45) is 1.73. The van der Waals surface area contributed by atoms with E-state index >= 15 is 8.78 Å². The largest absolute Gasteiger partial charge is 0.377 e. The number of nitrogens with two attached hydrogens (primary N) is 2. The standard InChI is InChI=1S/C24H19ClF5N5O/c1-14-8-17(20(27)10-19(14)26)23(36,12-35(32)13-34-31)24(29,30)22-7-5-16(11-33-22)3-2-15-4-6-18(25)21(28)9-15/h4-11,13,36H,12,31-32H2,1H3/b34-13-. The first-order chi connectivity index (χ1) is 16.9. The smallest absolute Gasteiger partial charge is 0.323 e. The molecule has 1 aromatic heterocycles. The van der Waals surface area contributed by atoms with Gasteiger partial charge in [-0.25, -0.2) is 19.0 Å². The molecule has 188 valence electrons. The van der Waals surface area contributed by atoms with Crippen LogP contribution in [0, 0.1) is 36.2 Å². The third-order valence-electron chi connectivity index (χ3n) is 5.20. The Labute approximate surface area is 208 Å². The van der Waals surface area contributed by atoms with Gasteiger partial charge in [-0.1, -0.05) is 23.4 Å². The summed E-state index contributed by atoms with van der Waals surface area (Å²) in [7, 11) is 0. The normalized spacial score (nSPS) is 13.2. The fraction of sp³-hybridized carbons (Fsp3) is 0.167. The zero-order valence-corrected chi connectivity index (χ0v) is 19.4. The van der Waals surface area contributed by atoms with Gasteiger partial charge >= 0.3 is 5.92 Å². The average Bonchev–Trinajstić information content (AvgIpc) is 2.82. The molecule has 1 atom stereocenters. The molecule has 0 spiro atoms. The monoisotopic (exact) mass is 523 g/mol. The molecule has 0 aliphatic carbocycles. The molecule has 0 saturated carbocycles. The maximum Gasteiger partial charge on any atom is 0.323 e. The Bertz CT molecular complexity index is 1360. The van der Waals surface area contributed by atoms with Crippen molar-refractivity contribution in [3.8, 4) is 11.8 Å². The molecule has 2 aromatic carbocycles. The lowest BCUT2D eigenvalue weighted by molar-refractivity contribution is -0.203. The van der Waals surface area contributed by atoms with Crippen molar-refractivity contribution in [1.29, 1.82) is 0 Å². The zero-order chi connectivity index (χ0) is 26.7. The van der Waals surface area contributed by atoms with Crippen molar-refractivity contribution in [1.82, 2.24) is 9.99 Å². The van der Waals surface area contributed by atoms with Crippen LogP contribution < -0.4 is 11.7 Å². The average molecular weight is 524 g/mol. The topological polar surface area (TPSA) is 101 Å². The number of aromatic nitrogens is 1. The van der Waals surface area contributed by atoms with Crippen molar-refractivity contribution in [3.05, 3.63) is 99.1 Å². The number of hydrazine groups is 1. The van der Waals surface area contributed by atoms with E-state index in [1.807, 2.05) is 0 Å². The number of rotatable bonds is 6. The van der Waals surface area contributed by atoms with Crippen LogP contribution in [0.5, 0.6) is 0 Å². The molecule has 0 aliphatic heterocycles. The molecule has 0 amide bonds. The van der Waals surface area contributed by atoms with Crippen LogP contribution in [0.2, 0.25) is 5.02 Å². The number of hydrogen-bond donors (Lipinski definition) is 3. The summed E-state index contributed by atoms with van der Waals surface area (Å²) >= 11 is 5.62. The Hall–Kier alpha value is -3.72. The first-order valence-electron chi connectivity index (χ1n) is 10.1. The summed E-state index contributed by atoms with van der Waals surface area (Å²) in [5.74, 6) is 8.52. The van der Waals surface area contributed by atoms with Crippen molar-refractivity contribution in [2.75, 3.05) is 6.54 Å². The van der Waals surface area contributed by atoms with E-state index in [9.17, 15) is 18.3 Å². The van der Waals surface area contributed by atoms with Crippen LogP contribution in [0.15, 0.2) is 53.8 Å².